The van der Waals surface area contributed by atoms with Gasteiger partial charge in [0.2, 0.25) is 0 Å². The van der Waals surface area contributed by atoms with Crippen LogP contribution in [0.15, 0.2) is 79.4 Å². The molecule has 3 aromatic rings. The molecular formula is C32H38O7. The number of benzene rings is 3. The van der Waals surface area contributed by atoms with Crippen LogP contribution in [0.3, 0.4) is 0 Å². The molecule has 0 spiro atoms. The number of rotatable bonds is 11. The van der Waals surface area contributed by atoms with Gasteiger partial charge in [0.05, 0.1) is 38.6 Å². The second kappa shape index (κ2) is 12.6. The lowest BCUT2D eigenvalue weighted by Crippen LogP contribution is -2.64. The smallest absolute Gasteiger partial charge is 0.184 e. The Morgan fingerprint density at radius 2 is 1.82 bits per heavy atom. The molecular weight excluding hydrogens is 496 g/mol. The monoisotopic (exact) mass is 534 g/mol. The summed E-state index contributed by atoms with van der Waals surface area (Å²) in [5.74, 6) is 0.786. The Labute approximate surface area is 230 Å². The lowest BCUT2D eigenvalue weighted by molar-refractivity contribution is -0.343. The topological polar surface area (TPSA) is 64.6 Å². The SMILES string of the molecule is C=CC[C@H](OCc1ccc2ccccc2c1)[C@]1(C)O[C@@H]2CO[C@@H](c3ccc(OC)cc3)O[C@H]2C[C@H]1OCOC. The van der Waals surface area contributed by atoms with Crippen molar-refractivity contribution in [3.63, 3.8) is 0 Å². The normalized spacial score (nSPS) is 27.6. The third-order valence-electron chi connectivity index (χ3n) is 7.68. The lowest BCUT2D eigenvalue weighted by Gasteiger charge is -2.52. The minimum atomic E-state index is -0.773. The van der Waals surface area contributed by atoms with E-state index in [4.69, 9.17) is 33.2 Å². The van der Waals surface area contributed by atoms with Crippen LogP contribution in [-0.2, 0) is 35.0 Å². The van der Waals surface area contributed by atoms with Crippen molar-refractivity contribution in [2.45, 2.75) is 62.7 Å². The van der Waals surface area contributed by atoms with E-state index in [-0.39, 0.29) is 31.2 Å². The Kier molecular flexibility index (Phi) is 8.97. The maximum absolute atomic E-state index is 6.76. The molecule has 0 saturated carbocycles. The van der Waals surface area contributed by atoms with Gasteiger partial charge in [-0.1, -0.05) is 54.6 Å². The molecule has 7 heteroatoms. The average Bonchev–Trinajstić information content (AvgIpc) is 2.97. The summed E-state index contributed by atoms with van der Waals surface area (Å²) in [7, 11) is 3.26. The van der Waals surface area contributed by atoms with Crippen LogP contribution >= 0.6 is 0 Å². The molecule has 0 radical (unpaired) electrons. The van der Waals surface area contributed by atoms with E-state index >= 15 is 0 Å². The molecule has 0 bridgehead atoms. The quantitative estimate of drug-likeness (QED) is 0.222. The van der Waals surface area contributed by atoms with E-state index in [0.29, 0.717) is 26.1 Å². The van der Waals surface area contributed by atoms with Gasteiger partial charge in [-0.25, -0.2) is 0 Å². The van der Waals surface area contributed by atoms with Gasteiger partial charge in [0.25, 0.3) is 0 Å². The van der Waals surface area contributed by atoms with Gasteiger partial charge in [0, 0.05) is 19.1 Å². The van der Waals surface area contributed by atoms with E-state index in [1.807, 2.05) is 49.4 Å². The summed E-state index contributed by atoms with van der Waals surface area (Å²) in [6, 6.07) is 22.4. The molecule has 0 aliphatic carbocycles. The molecule has 5 rings (SSSR count). The minimum absolute atomic E-state index is 0.144. The summed E-state index contributed by atoms with van der Waals surface area (Å²) in [6.07, 6.45) is 1.51. The Balaban J connectivity index is 1.32. The van der Waals surface area contributed by atoms with Gasteiger partial charge in [0.1, 0.15) is 24.2 Å². The van der Waals surface area contributed by atoms with E-state index < -0.39 is 11.9 Å². The van der Waals surface area contributed by atoms with E-state index in [9.17, 15) is 0 Å². The molecule has 39 heavy (non-hydrogen) atoms. The predicted octanol–water partition coefficient (Wildman–Crippen LogP) is 5.96. The van der Waals surface area contributed by atoms with E-state index in [2.05, 4.69) is 36.9 Å². The standard InChI is InChI=1S/C32H38O7/c1-5-8-29(35-19-22-11-12-23-9-6-7-10-25(23)17-22)32(2)30(37-21-33-3)18-27-28(39-32)20-36-31(38-27)24-13-15-26(34-4)16-14-24/h5-7,9-17,27-31H,1,8,18-21H2,2-4H3/t27-,28+,29-,30+,31+,32-/m0/s1. The van der Waals surface area contributed by atoms with Crippen LogP contribution < -0.4 is 4.74 Å². The molecule has 2 saturated heterocycles. The Bertz CT molecular complexity index is 1230. The summed E-state index contributed by atoms with van der Waals surface area (Å²) < 4.78 is 42.6. The minimum Gasteiger partial charge on any atom is -0.497 e. The molecule has 0 aromatic heterocycles. The Morgan fingerprint density at radius 1 is 1.03 bits per heavy atom. The molecule has 3 aromatic carbocycles. The summed E-state index contributed by atoms with van der Waals surface area (Å²) in [4.78, 5) is 0. The lowest BCUT2D eigenvalue weighted by atomic mass is 9.82. The maximum Gasteiger partial charge on any atom is 0.184 e. The highest BCUT2D eigenvalue weighted by atomic mass is 16.7. The molecule has 2 heterocycles. The highest BCUT2D eigenvalue weighted by Crippen LogP contribution is 2.42. The van der Waals surface area contributed by atoms with Crippen LogP contribution in [0.5, 0.6) is 5.75 Å². The number of methoxy groups -OCH3 is 2. The second-order valence-electron chi connectivity index (χ2n) is 10.3. The van der Waals surface area contributed by atoms with Crippen molar-refractivity contribution >= 4 is 10.8 Å². The van der Waals surface area contributed by atoms with Gasteiger partial charge < -0.3 is 33.2 Å². The molecule has 2 aliphatic rings. The van der Waals surface area contributed by atoms with Crippen molar-refractivity contribution in [2.75, 3.05) is 27.6 Å². The first-order valence-corrected chi connectivity index (χ1v) is 13.4. The van der Waals surface area contributed by atoms with Crippen molar-refractivity contribution in [2.24, 2.45) is 0 Å². The van der Waals surface area contributed by atoms with Crippen LogP contribution in [0, 0.1) is 0 Å². The number of hydrogen-bond acceptors (Lipinski definition) is 7. The highest BCUT2D eigenvalue weighted by molar-refractivity contribution is 5.82. The van der Waals surface area contributed by atoms with Crippen molar-refractivity contribution in [3.05, 3.63) is 90.5 Å². The van der Waals surface area contributed by atoms with Crippen LogP contribution in [0.1, 0.15) is 37.2 Å². The zero-order valence-corrected chi connectivity index (χ0v) is 22.9. The van der Waals surface area contributed by atoms with Crippen molar-refractivity contribution in [1.82, 2.24) is 0 Å². The first-order valence-electron chi connectivity index (χ1n) is 13.4. The Hall–Kier alpha value is -2.78. The Morgan fingerprint density at radius 3 is 2.56 bits per heavy atom. The molecule has 0 unspecified atom stereocenters. The highest BCUT2D eigenvalue weighted by Gasteiger charge is 2.53. The van der Waals surface area contributed by atoms with E-state index in [1.165, 1.54) is 10.8 Å². The average molecular weight is 535 g/mol. The zero-order chi connectivity index (χ0) is 27.2. The zero-order valence-electron chi connectivity index (χ0n) is 22.9. The fraction of sp³-hybridized carbons (Fsp3) is 0.438. The molecule has 6 atom stereocenters. The van der Waals surface area contributed by atoms with Crippen LogP contribution in [0.25, 0.3) is 10.8 Å². The molecule has 208 valence electrons. The van der Waals surface area contributed by atoms with Crippen molar-refractivity contribution < 1.29 is 33.2 Å². The van der Waals surface area contributed by atoms with Gasteiger partial charge in [-0.05, 0) is 47.9 Å². The van der Waals surface area contributed by atoms with E-state index in [0.717, 1.165) is 16.9 Å². The van der Waals surface area contributed by atoms with Crippen molar-refractivity contribution in [3.8, 4) is 5.75 Å². The van der Waals surface area contributed by atoms with Gasteiger partial charge >= 0.3 is 0 Å². The summed E-state index contributed by atoms with van der Waals surface area (Å²) in [5.41, 5.74) is 1.26. The van der Waals surface area contributed by atoms with Crippen molar-refractivity contribution in [1.29, 1.82) is 0 Å². The summed E-state index contributed by atoms with van der Waals surface area (Å²) >= 11 is 0. The fourth-order valence-electron chi connectivity index (χ4n) is 5.49. The molecule has 2 aliphatic heterocycles. The summed E-state index contributed by atoms with van der Waals surface area (Å²) in [6.45, 7) is 7.03. The van der Waals surface area contributed by atoms with Gasteiger partial charge in [-0.3, -0.25) is 0 Å². The predicted molar refractivity (Wildman–Crippen MR) is 149 cm³/mol. The molecule has 2 fully saturated rings. The van der Waals surface area contributed by atoms with Crippen LogP contribution in [0.2, 0.25) is 0 Å². The third kappa shape index (κ3) is 6.19. The van der Waals surface area contributed by atoms with Gasteiger partial charge in [-0.2, -0.15) is 0 Å². The number of hydrogen-bond donors (Lipinski definition) is 0. The first-order chi connectivity index (χ1) is 19.0. The fourth-order valence-corrected chi connectivity index (χ4v) is 5.49. The third-order valence-corrected chi connectivity index (χ3v) is 7.68. The van der Waals surface area contributed by atoms with Crippen LogP contribution in [0.4, 0.5) is 0 Å². The van der Waals surface area contributed by atoms with Crippen LogP contribution in [-0.4, -0.2) is 57.6 Å². The van der Waals surface area contributed by atoms with E-state index in [1.54, 1.807) is 14.2 Å². The summed E-state index contributed by atoms with van der Waals surface area (Å²) in [5, 5.41) is 2.39. The number of ether oxygens (including phenoxy) is 7. The van der Waals surface area contributed by atoms with Gasteiger partial charge in [-0.15, -0.1) is 6.58 Å². The first kappa shape index (κ1) is 27.8. The molecule has 0 N–H and O–H groups in total. The maximum atomic E-state index is 6.76. The molecule has 0 amide bonds. The van der Waals surface area contributed by atoms with Gasteiger partial charge in [0.15, 0.2) is 6.29 Å². The second-order valence-corrected chi connectivity index (χ2v) is 10.3. The molecule has 7 nitrogen and oxygen atoms in total. The largest absolute Gasteiger partial charge is 0.497 e. The number of fused-ring (bicyclic) bond motifs is 2.